The van der Waals surface area contributed by atoms with Gasteiger partial charge >= 0.3 is 0 Å². The summed E-state index contributed by atoms with van der Waals surface area (Å²) >= 11 is 0. The Balaban J connectivity index is 1.61. The highest BCUT2D eigenvalue weighted by molar-refractivity contribution is 5.94. The lowest BCUT2D eigenvalue weighted by Crippen LogP contribution is -2.61. The predicted molar refractivity (Wildman–Crippen MR) is 117 cm³/mol. The van der Waals surface area contributed by atoms with Crippen molar-refractivity contribution in [3.8, 4) is 0 Å². The van der Waals surface area contributed by atoms with E-state index in [-0.39, 0.29) is 41.4 Å². The van der Waals surface area contributed by atoms with E-state index >= 15 is 0 Å². The summed E-state index contributed by atoms with van der Waals surface area (Å²) in [6.07, 6.45) is 10.6. The van der Waals surface area contributed by atoms with E-state index in [0.717, 1.165) is 38.5 Å². The molecule has 5 atom stereocenters. The summed E-state index contributed by atoms with van der Waals surface area (Å²) in [7, 11) is 0. The lowest BCUT2D eigenvalue weighted by atomic mass is 9.69. The molecule has 6 nitrogen and oxygen atoms in total. The zero-order chi connectivity index (χ0) is 21.6. The molecule has 5 rings (SSSR count). The Hall–Kier alpha value is -2.76. The summed E-state index contributed by atoms with van der Waals surface area (Å²) in [6, 6.07) is 10.6. The van der Waals surface area contributed by atoms with Gasteiger partial charge in [-0.3, -0.25) is 9.59 Å². The van der Waals surface area contributed by atoms with E-state index in [4.69, 9.17) is 0 Å². The third-order valence-electron chi connectivity index (χ3n) is 7.90. The second kappa shape index (κ2) is 7.74. The number of hydrogen-bond acceptors (Lipinski definition) is 4. The van der Waals surface area contributed by atoms with Crippen LogP contribution >= 0.6 is 0 Å². The fourth-order valence-electron chi connectivity index (χ4n) is 6.65. The van der Waals surface area contributed by atoms with Gasteiger partial charge in [-0.15, -0.1) is 0 Å². The summed E-state index contributed by atoms with van der Waals surface area (Å²) < 4.78 is 0. The van der Waals surface area contributed by atoms with Crippen LogP contribution in [0.2, 0.25) is 0 Å². The standard InChI is InChI=1S/C25H30N4O2/c1-17(30)28-20(12-18-8-4-3-5-9-18)21-13-25(2)22(28)10-6-7-11-23(25)29(21)24(31)19-14-26-16-27-15-19/h3-5,8-9,14-16,20-23H,6-7,10-13H2,1-2H3/t20-,21+,22-,23+,25-/m1/s1. The first-order valence-electron chi connectivity index (χ1n) is 11.4. The number of rotatable bonds is 3. The second-order valence-corrected chi connectivity index (χ2v) is 9.62. The Kier molecular flexibility index (Phi) is 5.03. The first kappa shape index (κ1) is 20.2. The maximum absolute atomic E-state index is 13.8. The van der Waals surface area contributed by atoms with Gasteiger partial charge in [0.05, 0.1) is 17.6 Å². The Morgan fingerprint density at radius 3 is 2.32 bits per heavy atom. The highest BCUT2D eigenvalue weighted by atomic mass is 16.2. The Morgan fingerprint density at radius 1 is 1.03 bits per heavy atom. The molecule has 162 valence electrons. The van der Waals surface area contributed by atoms with Crippen LogP contribution in [0.5, 0.6) is 0 Å². The molecule has 3 fully saturated rings. The number of likely N-dealkylation sites (tertiary alicyclic amines) is 2. The van der Waals surface area contributed by atoms with E-state index in [9.17, 15) is 9.59 Å². The Labute approximate surface area is 183 Å². The first-order valence-corrected chi connectivity index (χ1v) is 11.4. The molecule has 6 heteroatoms. The minimum atomic E-state index is -0.0781. The summed E-state index contributed by atoms with van der Waals surface area (Å²) in [4.78, 5) is 39.2. The van der Waals surface area contributed by atoms with Crippen molar-refractivity contribution in [2.24, 2.45) is 5.41 Å². The SMILES string of the molecule is CC(=O)N1[C@H](Cc2ccccc2)[C@@H]2C[C@@]3(C)[C@H](CCCC[C@@H]13)N2C(=O)c1cncnc1. The van der Waals surface area contributed by atoms with Gasteiger partial charge in [0.25, 0.3) is 5.91 Å². The van der Waals surface area contributed by atoms with Crippen LogP contribution in [0.4, 0.5) is 0 Å². The number of carbonyl (C=O) groups excluding carboxylic acids is 2. The fraction of sp³-hybridized carbons (Fsp3) is 0.520. The molecule has 3 aliphatic rings. The van der Waals surface area contributed by atoms with Gasteiger partial charge in [-0.2, -0.15) is 0 Å². The minimum absolute atomic E-state index is 0.00108. The number of aromatic nitrogens is 2. The number of amides is 2. The molecule has 31 heavy (non-hydrogen) atoms. The quantitative estimate of drug-likeness (QED) is 0.765. The van der Waals surface area contributed by atoms with Gasteiger partial charge in [0.1, 0.15) is 6.33 Å². The van der Waals surface area contributed by atoms with Crippen LogP contribution in [-0.2, 0) is 11.2 Å². The van der Waals surface area contributed by atoms with E-state index in [0.29, 0.717) is 5.56 Å². The largest absolute Gasteiger partial charge is 0.334 e. The summed E-state index contributed by atoms with van der Waals surface area (Å²) in [5.74, 6) is 0.128. The molecular weight excluding hydrogens is 388 g/mol. The molecule has 2 aromatic rings. The second-order valence-electron chi connectivity index (χ2n) is 9.62. The van der Waals surface area contributed by atoms with Gasteiger partial charge in [0, 0.05) is 36.8 Å². The molecule has 0 radical (unpaired) electrons. The van der Waals surface area contributed by atoms with E-state index in [1.807, 2.05) is 18.2 Å². The van der Waals surface area contributed by atoms with Crippen LogP contribution in [-0.4, -0.2) is 55.7 Å². The van der Waals surface area contributed by atoms with Gasteiger partial charge in [-0.25, -0.2) is 9.97 Å². The topological polar surface area (TPSA) is 66.4 Å². The van der Waals surface area contributed by atoms with Crippen molar-refractivity contribution in [1.82, 2.24) is 19.8 Å². The Morgan fingerprint density at radius 2 is 1.68 bits per heavy atom. The van der Waals surface area contributed by atoms with Crippen LogP contribution < -0.4 is 0 Å². The fourth-order valence-corrected chi connectivity index (χ4v) is 6.65. The summed E-state index contributed by atoms with van der Waals surface area (Å²) in [6.45, 7) is 4.01. The van der Waals surface area contributed by atoms with Gasteiger partial charge in [0.15, 0.2) is 0 Å². The molecule has 1 aromatic heterocycles. The minimum Gasteiger partial charge on any atom is -0.334 e. The third kappa shape index (κ3) is 3.24. The maximum atomic E-state index is 13.8. The van der Waals surface area contributed by atoms with Gasteiger partial charge in [0.2, 0.25) is 5.91 Å². The molecule has 1 saturated carbocycles. The number of piperidine rings is 1. The van der Waals surface area contributed by atoms with Crippen molar-refractivity contribution in [3.63, 3.8) is 0 Å². The van der Waals surface area contributed by atoms with E-state index in [1.165, 1.54) is 11.9 Å². The van der Waals surface area contributed by atoms with E-state index in [1.54, 1.807) is 19.3 Å². The van der Waals surface area contributed by atoms with E-state index in [2.05, 4.69) is 38.8 Å². The van der Waals surface area contributed by atoms with Crippen LogP contribution in [0.15, 0.2) is 49.1 Å². The molecule has 0 N–H and O–H groups in total. The molecule has 2 aliphatic heterocycles. The van der Waals surface area contributed by atoms with Gasteiger partial charge in [-0.05, 0) is 31.2 Å². The van der Waals surface area contributed by atoms with Crippen molar-refractivity contribution in [3.05, 3.63) is 60.2 Å². The number of fused-ring (bicyclic) bond motifs is 1. The summed E-state index contributed by atoms with van der Waals surface area (Å²) in [5.41, 5.74) is 1.66. The number of carbonyl (C=O) groups is 2. The predicted octanol–water partition coefficient (Wildman–Crippen LogP) is 3.48. The van der Waals surface area contributed by atoms with Crippen molar-refractivity contribution < 1.29 is 9.59 Å². The third-order valence-corrected chi connectivity index (χ3v) is 7.90. The highest BCUT2D eigenvalue weighted by Gasteiger charge is 2.63. The van der Waals surface area contributed by atoms with Crippen LogP contribution in [0, 0.1) is 5.41 Å². The summed E-state index contributed by atoms with van der Waals surface area (Å²) in [5, 5.41) is 0. The van der Waals surface area contributed by atoms with E-state index < -0.39 is 0 Å². The lowest BCUT2D eigenvalue weighted by Gasteiger charge is -2.50. The average molecular weight is 419 g/mol. The molecule has 0 spiro atoms. The molecule has 2 saturated heterocycles. The van der Waals surface area contributed by atoms with Crippen molar-refractivity contribution in [1.29, 1.82) is 0 Å². The monoisotopic (exact) mass is 418 g/mol. The number of benzene rings is 1. The zero-order valence-corrected chi connectivity index (χ0v) is 18.3. The normalized spacial score (nSPS) is 31.9. The van der Waals surface area contributed by atoms with Crippen LogP contribution in [0.3, 0.4) is 0 Å². The first-order chi connectivity index (χ1) is 15.0. The molecule has 1 aromatic carbocycles. The average Bonchev–Trinajstić information content (AvgIpc) is 2.93. The van der Waals surface area contributed by atoms with Crippen molar-refractivity contribution in [2.45, 2.75) is 76.5 Å². The zero-order valence-electron chi connectivity index (χ0n) is 18.3. The smallest absolute Gasteiger partial charge is 0.257 e. The molecule has 2 bridgehead atoms. The highest BCUT2D eigenvalue weighted by Crippen LogP contribution is 2.55. The Bertz CT molecular complexity index is 966. The van der Waals surface area contributed by atoms with Crippen molar-refractivity contribution >= 4 is 11.8 Å². The molecule has 1 aliphatic carbocycles. The van der Waals surface area contributed by atoms with Gasteiger partial charge in [-0.1, -0.05) is 50.1 Å². The molecular formula is C25H30N4O2. The van der Waals surface area contributed by atoms with Crippen molar-refractivity contribution in [2.75, 3.05) is 0 Å². The lowest BCUT2D eigenvalue weighted by molar-refractivity contribution is -0.141. The van der Waals surface area contributed by atoms with Crippen LogP contribution in [0.1, 0.15) is 61.9 Å². The molecule has 0 unspecified atom stereocenters. The molecule has 3 heterocycles. The van der Waals surface area contributed by atoms with Crippen LogP contribution in [0.25, 0.3) is 0 Å². The maximum Gasteiger partial charge on any atom is 0.257 e. The number of hydrogen-bond donors (Lipinski definition) is 0. The number of nitrogens with zero attached hydrogens (tertiary/aromatic N) is 4. The molecule has 2 amide bonds. The van der Waals surface area contributed by atoms with Gasteiger partial charge < -0.3 is 9.80 Å².